The first kappa shape index (κ1) is 19.0. The van der Waals surface area contributed by atoms with Gasteiger partial charge in [0.1, 0.15) is 11.6 Å². The molecule has 1 heterocycles. The van der Waals surface area contributed by atoms with E-state index in [0.717, 1.165) is 5.56 Å². The predicted molar refractivity (Wildman–Crippen MR) is 93.8 cm³/mol. The summed E-state index contributed by atoms with van der Waals surface area (Å²) in [4.78, 5) is 37.9. The summed E-state index contributed by atoms with van der Waals surface area (Å²) in [6.07, 6.45) is -0.585. The number of likely N-dealkylation sites (tertiary alicyclic amines) is 1. The smallest absolute Gasteiger partial charge is 0.407 e. The second-order valence-corrected chi connectivity index (χ2v) is 7.64. The standard InChI is InChI=1S/C19H26N2O4/c1-12(2)14(20-18(24)25-19(3,4)5)15-16(22)17(23)21(15)11-13-9-7-6-8-10-13/h6-10,12,14-15H,11H2,1-5H3,(H,20,24)/t14-,15+/m0/s1. The van der Waals surface area contributed by atoms with E-state index in [9.17, 15) is 14.4 Å². The van der Waals surface area contributed by atoms with E-state index in [1.165, 1.54) is 4.90 Å². The Labute approximate surface area is 148 Å². The summed E-state index contributed by atoms with van der Waals surface area (Å²) in [5.74, 6) is -1.01. The zero-order chi connectivity index (χ0) is 18.8. The summed E-state index contributed by atoms with van der Waals surface area (Å²) in [5.41, 5.74) is 0.308. The third-order valence-electron chi connectivity index (χ3n) is 4.01. The lowest BCUT2D eigenvalue weighted by Crippen LogP contribution is -2.70. The highest BCUT2D eigenvalue weighted by molar-refractivity contribution is 6.44. The number of β-lactam (4-membered cyclic amide) rings is 1. The van der Waals surface area contributed by atoms with Crippen molar-refractivity contribution >= 4 is 17.8 Å². The SMILES string of the molecule is CC(C)[C@H](NC(=O)OC(C)(C)C)[C@@H]1C(=O)C(=O)N1Cc1ccccc1. The van der Waals surface area contributed by atoms with Gasteiger partial charge in [0.15, 0.2) is 0 Å². The number of ether oxygens (including phenoxy) is 1. The van der Waals surface area contributed by atoms with Gasteiger partial charge in [0, 0.05) is 6.54 Å². The fourth-order valence-corrected chi connectivity index (χ4v) is 2.83. The molecule has 1 N–H and O–H groups in total. The highest BCUT2D eigenvalue weighted by atomic mass is 16.6. The van der Waals surface area contributed by atoms with Gasteiger partial charge in [-0.25, -0.2) is 4.79 Å². The minimum atomic E-state index is -0.666. The number of nitrogens with zero attached hydrogens (tertiary/aromatic N) is 1. The van der Waals surface area contributed by atoms with Gasteiger partial charge in [0.25, 0.3) is 5.91 Å². The van der Waals surface area contributed by atoms with Gasteiger partial charge in [0.2, 0.25) is 5.78 Å². The molecule has 0 saturated carbocycles. The number of hydrogen-bond acceptors (Lipinski definition) is 4. The summed E-state index contributed by atoms with van der Waals surface area (Å²) in [6.45, 7) is 9.47. The van der Waals surface area contributed by atoms with E-state index in [1.807, 2.05) is 44.2 Å². The van der Waals surface area contributed by atoms with Crippen LogP contribution in [0.1, 0.15) is 40.2 Å². The molecule has 6 heteroatoms. The number of Topliss-reactive ketones (excluding diaryl/α,β-unsaturated/α-hetero) is 1. The molecule has 1 aromatic carbocycles. The van der Waals surface area contributed by atoms with Crippen molar-refractivity contribution in [1.82, 2.24) is 10.2 Å². The molecule has 25 heavy (non-hydrogen) atoms. The Morgan fingerprint density at radius 2 is 1.80 bits per heavy atom. The van der Waals surface area contributed by atoms with Crippen LogP contribution in [0.5, 0.6) is 0 Å². The maximum Gasteiger partial charge on any atom is 0.407 e. The third kappa shape index (κ3) is 4.59. The molecule has 0 radical (unpaired) electrons. The van der Waals surface area contributed by atoms with E-state index in [4.69, 9.17) is 4.74 Å². The van der Waals surface area contributed by atoms with Crippen molar-refractivity contribution in [2.24, 2.45) is 5.92 Å². The monoisotopic (exact) mass is 346 g/mol. The molecule has 2 atom stereocenters. The van der Waals surface area contributed by atoms with Crippen LogP contribution in [0.25, 0.3) is 0 Å². The number of rotatable bonds is 5. The molecule has 1 aliphatic heterocycles. The zero-order valence-corrected chi connectivity index (χ0v) is 15.4. The number of ketones is 1. The lowest BCUT2D eigenvalue weighted by Gasteiger charge is -2.44. The van der Waals surface area contributed by atoms with Crippen molar-refractivity contribution in [1.29, 1.82) is 0 Å². The highest BCUT2D eigenvalue weighted by Crippen LogP contribution is 2.26. The average molecular weight is 346 g/mol. The molecule has 136 valence electrons. The first-order chi connectivity index (χ1) is 11.6. The molecule has 1 aromatic rings. The summed E-state index contributed by atoms with van der Waals surface area (Å²) in [7, 11) is 0. The summed E-state index contributed by atoms with van der Waals surface area (Å²) >= 11 is 0. The van der Waals surface area contributed by atoms with Gasteiger partial charge in [-0.3, -0.25) is 9.59 Å². The van der Waals surface area contributed by atoms with Gasteiger partial charge < -0.3 is 15.0 Å². The molecular weight excluding hydrogens is 320 g/mol. The summed E-state index contributed by atoms with van der Waals surface area (Å²) in [5, 5.41) is 2.77. The lowest BCUT2D eigenvalue weighted by molar-refractivity contribution is -0.163. The summed E-state index contributed by atoms with van der Waals surface area (Å²) < 4.78 is 5.29. The zero-order valence-electron chi connectivity index (χ0n) is 15.4. The minimum Gasteiger partial charge on any atom is -0.444 e. The second-order valence-electron chi connectivity index (χ2n) is 7.64. The number of carbonyl (C=O) groups excluding carboxylic acids is 3. The molecule has 0 spiro atoms. The molecule has 0 aromatic heterocycles. The van der Waals surface area contributed by atoms with Crippen LogP contribution in [0.15, 0.2) is 30.3 Å². The molecule has 0 aliphatic carbocycles. The molecule has 1 fully saturated rings. The van der Waals surface area contributed by atoms with Crippen LogP contribution >= 0.6 is 0 Å². The first-order valence-corrected chi connectivity index (χ1v) is 8.48. The van der Waals surface area contributed by atoms with E-state index in [1.54, 1.807) is 20.8 Å². The van der Waals surface area contributed by atoms with Crippen LogP contribution < -0.4 is 5.32 Å². The molecule has 1 aliphatic rings. The largest absolute Gasteiger partial charge is 0.444 e. The fourth-order valence-electron chi connectivity index (χ4n) is 2.83. The van der Waals surface area contributed by atoms with Crippen molar-refractivity contribution in [2.75, 3.05) is 0 Å². The van der Waals surface area contributed by atoms with E-state index in [-0.39, 0.29) is 5.92 Å². The van der Waals surface area contributed by atoms with Gasteiger partial charge in [-0.1, -0.05) is 44.2 Å². The van der Waals surface area contributed by atoms with Crippen molar-refractivity contribution in [3.8, 4) is 0 Å². The molecule has 0 bridgehead atoms. The Balaban J connectivity index is 2.13. The van der Waals surface area contributed by atoms with Gasteiger partial charge in [-0.15, -0.1) is 0 Å². The Hall–Kier alpha value is -2.37. The first-order valence-electron chi connectivity index (χ1n) is 8.48. The van der Waals surface area contributed by atoms with Gasteiger partial charge in [-0.2, -0.15) is 0 Å². The van der Waals surface area contributed by atoms with Crippen LogP contribution in [0.2, 0.25) is 0 Å². The number of carbonyl (C=O) groups is 3. The molecular formula is C19H26N2O4. The maximum atomic E-state index is 12.2. The Kier molecular flexibility index (Phi) is 5.50. The number of amides is 2. The maximum absolute atomic E-state index is 12.2. The minimum absolute atomic E-state index is 0.0344. The van der Waals surface area contributed by atoms with Gasteiger partial charge in [-0.05, 0) is 32.3 Å². The molecule has 0 unspecified atom stereocenters. The van der Waals surface area contributed by atoms with E-state index in [2.05, 4.69) is 5.32 Å². The molecule has 2 amide bonds. The molecule has 1 saturated heterocycles. The molecule has 2 rings (SSSR count). The normalized spacial score (nSPS) is 18.8. The number of nitrogens with one attached hydrogen (secondary N) is 1. The molecule has 6 nitrogen and oxygen atoms in total. The van der Waals surface area contributed by atoms with E-state index in [0.29, 0.717) is 6.54 Å². The van der Waals surface area contributed by atoms with E-state index < -0.39 is 35.5 Å². The Morgan fingerprint density at radius 3 is 2.32 bits per heavy atom. The van der Waals surface area contributed by atoms with Crippen LogP contribution in [0.4, 0.5) is 4.79 Å². The number of hydrogen-bond donors (Lipinski definition) is 1. The van der Waals surface area contributed by atoms with Gasteiger partial charge in [0.05, 0.1) is 6.04 Å². The highest BCUT2D eigenvalue weighted by Gasteiger charge is 2.51. The van der Waals surface area contributed by atoms with Crippen molar-refractivity contribution in [3.63, 3.8) is 0 Å². The Morgan fingerprint density at radius 1 is 1.20 bits per heavy atom. The Bertz CT molecular complexity index is 649. The van der Waals surface area contributed by atoms with Gasteiger partial charge >= 0.3 is 6.09 Å². The lowest BCUT2D eigenvalue weighted by atomic mass is 9.85. The fraction of sp³-hybridized carbons (Fsp3) is 0.526. The topological polar surface area (TPSA) is 75.7 Å². The van der Waals surface area contributed by atoms with E-state index >= 15 is 0 Å². The predicted octanol–water partition coefficient (Wildman–Crippen LogP) is 2.52. The van der Waals surface area contributed by atoms with Crippen molar-refractivity contribution in [2.45, 2.75) is 58.8 Å². The number of benzene rings is 1. The van der Waals surface area contributed by atoms with Crippen LogP contribution in [0, 0.1) is 5.92 Å². The van der Waals surface area contributed by atoms with Crippen LogP contribution in [-0.4, -0.2) is 40.4 Å². The second kappa shape index (κ2) is 7.25. The third-order valence-corrected chi connectivity index (χ3v) is 4.01. The van der Waals surface area contributed by atoms with Crippen molar-refractivity contribution in [3.05, 3.63) is 35.9 Å². The number of alkyl carbamates (subject to hydrolysis) is 1. The van der Waals surface area contributed by atoms with Crippen LogP contribution in [-0.2, 0) is 20.9 Å². The summed E-state index contributed by atoms with van der Waals surface area (Å²) in [6, 6.07) is 8.30. The average Bonchev–Trinajstić information content (AvgIpc) is 2.52. The van der Waals surface area contributed by atoms with Crippen molar-refractivity contribution < 1.29 is 19.1 Å². The quantitative estimate of drug-likeness (QED) is 0.656. The van der Waals surface area contributed by atoms with Crippen LogP contribution in [0.3, 0.4) is 0 Å².